The number of rotatable bonds is 3. The third-order valence-electron chi connectivity index (χ3n) is 1.77. The first kappa shape index (κ1) is 11.0. The fourth-order valence-corrected chi connectivity index (χ4v) is 1.58. The molecule has 4 nitrogen and oxygen atoms in total. The highest BCUT2D eigenvalue weighted by molar-refractivity contribution is 9.10. The summed E-state index contributed by atoms with van der Waals surface area (Å²) in [5.74, 6) is -0.145. The lowest BCUT2D eigenvalue weighted by Gasteiger charge is -2.10. The minimum absolute atomic E-state index is 0.429. The van der Waals surface area contributed by atoms with Crippen LogP contribution in [0.25, 0.3) is 0 Å². The third kappa shape index (κ3) is 2.24. The van der Waals surface area contributed by atoms with Gasteiger partial charge in [-0.25, -0.2) is 0 Å². The summed E-state index contributed by atoms with van der Waals surface area (Å²) < 4.78 is 5.55. The maximum Gasteiger partial charge on any atom is 0.250 e. The van der Waals surface area contributed by atoms with Crippen molar-refractivity contribution in [1.29, 1.82) is 0 Å². The van der Waals surface area contributed by atoms with Gasteiger partial charge in [0.1, 0.15) is 5.75 Å². The van der Waals surface area contributed by atoms with E-state index in [4.69, 9.17) is 10.5 Å². The van der Waals surface area contributed by atoms with Crippen LogP contribution < -0.4 is 10.5 Å². The smallest absolute Gasteiger partial charge is 0.250 e. The third-order valence-corrected chi connectivity index (χ3v) is 2.46. The first-order valence-corrected chi connectivity index (χ1v) is 4.66. The Morgan fingerprint density at radius 3 is 2.71 bits per heavy atom. The van der Waals surface area contributed by atoms with Gasteiger partial charge in [0.2, 0.25) is 0 Å². The fourth-order valence-electron chi connectivity index (χ4n) is 1.01. The molecular weight excluding hydrogens is 250 g/mol. The second-order valence-electron chi connectivity index (χ2n) is 2.69. The lowest BCUT2D eigenvalue weighted by atomic mass is 10.1. The van der Waals surface area contributed by atoms with Crippen molar-refractivity contribution in [3.8, 4) is 5.75 Å². The van der Waals surface area contributed by atoms with Gasteiger partial charge in [0, 0.05) is 10.0 Å². The summed E-state index contributed by atoms with van der Waals surface area (Å²) in [4.78, 5) is 10.7. The summed E-state index contributed by atoms with van der Waals surface area (Å²) in [5.41, 5.74) is 5.40. The average Bonchev–Trinajstić information content (AvgIpc) is 2.16. The number of primary amides is 1. The molecule has 0 bridgehead atoms. The van der Waals surface area contributed by atoms with Gasteiger partial charge in [0.25, 0.3) is 5.91 Å². The van der Waals surface area contributed by atoms with Crippen molar-refractivity contribution in [2.24, 2.45) is 5.73 Å². The Bertz CT molecular complexity index is 354. The van der Waals surface area contributed by atoms with Crippen molar-refractivity contribution in [2.75, 3.05) is 7.11 Å². The van der Waals surface area contributed by atoms with Crippen molar-refractivity contribution in [1.82, 2.24) is 0 Å². The average molecular weight is 260 g/mol. The molecule has 0 saturated heterocycles. The predicted molar refractivity (Wildman–Crippen MR) is 54.8 cm³/mol. The molecule has 0 radical (unpaired) electrons. The molecule has 14 heavy (non-hydrogen) atoms. The molecule has 5 heteroatoms. The van der Waals surface area contributed by atoms with Crippen LogP contribution in [0.1, 0.15) is 11.7 Å². The van der Waals surface area contributed by atoms with Crippen molar-refractivity contribution in [3.63, 3.8) is 0 Å². The molecule has 0 fully saturated rings. The molecule has 1 aromatic rings. The Morgan fingerprint density at radius 1 is 1.64 bits per heavy atom. The molecule has 1 amide bonds. The van der Waals surface area contributed by atoms with Crippen LogP contribution in [-0.4, -0.2) is 18.1 Å². The maximum atomic E-state index is 10.7. The Hall–Kier alpha value is -1.07. The molecule has 1 aromatic carbocycles. The van der Waals surface area contributed by atoms with Crippen LogP contribution in [0.3, 0.4) is 0 Å². The van der Waals surface area contributed by atoms with Gasteiger partial charge in [0.15, 0.2) is 6.10 Å². The number of carbonyl (C=O) groups excluding carboxylic acids is 1. The standard InChI is InChI=1S/C9H10BrNO3/c1-14-5-2-3-6(7(10)4-5)8(12)9(11)13/h2-4,8,12H,1H3,(H2,11,13). The molecule has 3 N–H and O–H groups in total. The lowest BCUT2D eigenvalue weighted by molar-refractivity contribution is -0.126. The monoisotopic (exact) mass is 259 g/mol. The number of aliphatic hydroxyl groups is 1. The predicted octanol–water partition coefficient (Wildman–Crippen LogP) is 0.976. The second-order valence-corrected chi connectivity index (χ2v) is 3.55. The normalized spacial score (nSPS) is 12.2. The molecule has 0 aromatic heterocycles. The summed E-state index contributed by atoms with van der Waals surface area (Å²) in [5, 5.41) is 9.40. The summed E-state index contributed by atoms with van der Waals surface area (Å²) in [6.45, 7) is 0. The number of amides is 1. The van der Waals surface area contributed by atoms with E-state index in [0.717, 1.165) is 0 Å². The number of halogens is 1. The van der Waals surface area contributed by atoms with Gasteiger partial charge in [-0.15, -0.1) is 0 Å². The van der Waals surface area contributed by atoms with E-state index in [1.807, 2.05) is 0 Å². The van der Waals surface area contributed by atoms with E-state index >= 15 is 0 Å². The Kier molecular flexibility index (Phi) is 3.49. The first-order valence-electron chi connectivity index (χ1n) is 3.87. The minimum atomic E-state index is -1.30. The van der Waals surface area contributed by atoms with Crippen LogP contribution in [0, 0.1) is 0 Å². The zero-order valence-corrected chi connectivity index (χ0v) is 9.11. The molecule has 0 aliphatic rings. The van der Waals surface area contributed by atoms with Crippen molar-refractivity contribution >= 4 is 21.8 Å². The van der Waals surface area contributed by atoms with E-state index in [0.29, 0.717) is 15.8 Å². The van der Waals surface area contributed by atoms with E-state index in [1.165, 1.54) is 7.11 Å². The van der Waals surface area contributed by atoms with Crippen LogP contribution in [0.2, 0.25) is 0 Å². The van der Waals surface area contributed by atoms with E-state index in [-0.39, 0.29) is 0 Å². The number of ether oxygens (including phenoxy) is 1. The molecule has 76 valence electrons. The summed E-state index contributed by atoms with van der Waals surface area (Å²) in [7, 11) is 1.53. The number of carbonyl (C=O) groups is 1. The van der Waals surface area contributed by atoms with Crippen LogP contribution in [0.5, 0.6) is 5.75 Å². The SMILES string of the molecule is COc1ccc(C(O)C(N)=O)c(Br)c1. The van der Waals surface area contributed by atoms with Gasteiger partial charge in [-0.1, -0.05) is 22.0 Å². The van der Waals surface area contributed by atoms with Crippen LogP contribution in [0.4, 0.5) is 0 Å². The number of nitrogens with two attached hydrogens (primary N) is 1. The van der Waals surface area contributed by atoms with E-state index in [2.05, 4.69) is 15.9 Å². The van der Waals surface area contributed by atoms with Crippen molar-refractivity contribution in [3.05, 3.63) is 28.2 Å². The van der Waals surface area contributed by atoms with Gasteiger partial charge in [-0.05, 0) is 12.1 Å². The van der Waals surface area contributed by atoms with Crippen LogP contribution in [0.15, 0.2) is 22.7 Å². The van der Waals surface area contributed by atoms with Gasteiger partial charge < -0.3 is 15.6 Å². The van der Waals surface area contributed by atoms with Gasteiger partial charge in [0.05, 0.1) is 7.11 Å². The number of hydrogen-bond donors (Lipinski definition) is 2. The Balaban J connectivity index is 3.05. The Morgan fingerprint density at radius 2 is 2.29 bits per heavy atom. The molecular formula is C9H10BrNO3. The van der Waals surface area contributed by atoms with Gasteiger partial charge in [-0.2, -0.15) is 0 Å². The molecule has 1 unspecified atom stereocenters. The van der Waals surface area contributed by atoms with Gasteiger partial charge in [-0.3, -0.25) is 4.79 Å². The molecule has 0 aliphatic heterocycles. The van der Waals surface area contributed by atoms with E-state index in [1.54, 1.807) is 18.2 Å². The largest absolute Gasteiger partial charge is 0.497 e. The highest BCUT2D eigenvalue weighted by atomic mass is 79.9. The number of methoxy groups -OCH3 is 1. The Labute approximate surface area is 89.8 Å². The highest BCUT2D eigenvalue weighted by Gasteiger charge is 2.16. The molecule has 1 atom stereocenters. The topological polar surface area (TPSA) is 72.6 Å². The highest BCUT2D eigenvalue weighted by Crippen LogP contribution is 2.27. The molecule has 0 heterocycles. The minimum Gasteiger partial charge on any atom is -0.497 e. The number of aliphatic hydroxyl groups excluding tert-OH is 1. The van der Waals surface area contributed by atoms with Gasteiger partial charge >= 0.3 is 0 Å². The molecule has 1 rings (SSSR count). The zero-order chi connectivity index (χ0) is 10.7. The second kappa shape index (κ2) is 4.43. The van der Waals surface area contributed by atoms with Crippen molar-refractivity contribution in [2.45, 2.75) is 6.10 Å². The van der Waals surface area contributed by atoms with Crippen LogP contribution >= 0.6 is 15.9 Å². The van der Waals surface area contributed by atoms with Crippen LogP contribution in [-0.2, 0) is 4.79 Å². The molecule has 0 spiro atoms. The summed E-state index contributed by atoms with van der Waals surface area (Å²) in [6.07, 6.45) is -1.30. The quantitative estimate of drug-likeness (QED) is 0.850. The number of hydrogen-bond acceptors (Lipinski definition) is 3. The van der Waals surface area contributed by atoms with E-state index < -0.39 is 12.0 Å². The molecule has 0 saturated carbocycles. The summed E-state index contributed by atoms with van der Waals surface area (Å²) in [6, 6.07) is 4.88. The van der Waals surface area contributed by atoms with E-state index in [9.17, 15) is 9.90 Å². The maximum absolute atomic E-state index is 10.7. The zero-order valence-electron chi connectivity index (χ0n) is 7.53. The lowest BCUT2D eigenvalue weighted by Crippen LogP contribution is -2.21. The first-order chi connectivity index (χ1) is 6.56. The fraction of sp³-hybridized carbons (Fsp3) is 0.222. The molecule has 0 aliphatic carbocycles. The number of benzene rings is 1. The summed E-state index contributed by atoms with van der Waals surface area (Å²) >= 11 is 3.21. The van der Waals surface area contributed by atoms with Crippen molar-refractivity contribution < 1.29 is 14.6 Å².